The van der Waals surface area contributed by atoms with Crippen LogP contribution in [0.3, 0.4) is 0 Å². The van der Waals surface area contributed by atoms with Crippen molar-refractivity contribution < 1.29 is 14.7 Å². The molecule has 39 heavy (non-hydrogen) atoms. The van der Waals surface area contributed by atoms with E-state index in [1.807, 2.05) is 48.5 Å². The highest BCUT2D eigenvalue weighted by atomic mass is 127. The largest absolute Gasteiger partial charge is 0.392 e. The Morgan fingerprint density at radius 1 is 1.03 bits per heavy atom. The fourth-order valence-electron chi connectivity index (χ4n) is 5.93. The lowest BCUT2D eigenvalue weighted by Gasteiger charge is -2.41. The van der Waals surface area contributed by atoms with Gasteiger partial charge in [0.25, 0.3) is 0 Å². The molecule has 5 nitrogen and oxygen atoms in total. The van der Waals surface area contributed by atoms with Crippen molar-refractivity contribution in [3.8, 4) is 0 Å². The molecule has 2 N–H and O–H groups in total. The van der Waals surface area contributed by atoms with E-state index >= 15 is 0 Å². The van der Waals surface area contributed by atoms with Gasteiger partial charge >= 0.3 is 0 Å². The number of amides is 2. The second-order valence-electron chi connectivity index (χ2n) is 10.7. The molecule has 1 saturated heterocycles. The Bertz CT molecular complexity index is 1310. The molecular formula is C32H35IN2O3S. The molecule has 3 aromatic rings. The molecule has 3 aromatic carbocycles. The molecule has 0 bridgehead atoms. The standard InChI is InChI=1S/C32H35IN2O3S/c1-22-12-15-26(16-13-22)39-32(31(38)34-20-23-8-4-2-5-9-23)19-29(37)35(25-10-6-3-7-11-25)30(32)27-17-14-24(21-36)18-28(27)33/h2,4-5,8-9,12-18,25,30,36H,3,6-7,10-11,19-21H2,1H3,(H,34,38)/t30-,32-/m1/s1. The number of aliphatic hydroxyl groups is 1. The summed E-state index contributed by atoms with van der Waals surface area (Å²) in [4.78, 5) is 31.5. The van der Waals surface area contributed by atoms with Crippen LogP contribution in [0.5, 0.6) is 0 Å². The third-order valence-corrected chi connectivity index (χ3v) is 10.3. The molecule has 7 heteroatoms. The smallest absolute Gasteiger partial charge is 0.239 e. The number of benzene rings is 3. The van der Waals surface area contributed by atoms with E-state index in [1.54, 1.807) is 0 Å². The predicted molar refractivity (Wildman–Crippen MR) is 164 cm³/mol. The van der Waals surface area contributed by atoms with Gasteiger partial charge in [0.05, 0.1) is 19.1 Å². The van der Waals surface area contributed by atoms with Crippen LogP contribution in [-0.2, 0) is 22.7 Å². The summed E-state index contributed by atoms with van der Waals surface area (Å²) < 4.78 is -0.0800. The first-order valence-electron chi connectivity index (χ1n) is 13.7. The maximum absolute atomic E-state index is 14.5. The number of nitrogens with one attached hydrogen (secondary N) is 1. The first kappa shape index (κ1) is 28.2. The van der Waals surface area contributed by atoms with Crippen LogP contribution in [0.4, 0.5) is 0 Å². The van der Waals surface area contributed by atoms with E-state index in [4.69, 9.17) is 0 Å². The SMILES string of the molecule is Cc1ccc(S[C@]2(C(=O)NCc3ccccc3)CC(=O)N(C3CCCCC3)[C@@H]2c2ccc(CO)cc2I)cc1. The summed E-state index contributed by atoms with van der Waals surface area (Å²) in [5.74, 6) is -0.0703. The average molecular weight is 655 g/mol. The van der Waals surface area contributed by atoms with Crippen LogP contribution in [0.25, 0.3) is 0 Å². The maximum atomic E-state index is 14.5. The predicted octanol–water partition coefficient (Wildman–Crippen LogP) is 6.55. The van der Waals surface area contributed by atoms with E-state index in [0.29, 0.717) is 6.54 Å². The fraction of sp³-hybridized carbons (Fsp3) is 0.375. The number of hydrogen-bond donors (Lipinski definition) is 2. The topological polar surface area (TPSA) is 69.6 Å². The van der Waals surface area contributed by atoms with Gasteiger partial charge < -0.3 is 15.3 Å². The normalized spacial score (nSPS) is 21.8. The monoisotopic (exact) mass is 654 g/mol. The molecule has 0 radical (unpaired) electrons. The first-order chi connectivity index (χ1) is 18.9. The Labute approximate surface area is 248 Å². The third-order valence-electron chi connectivity index (χ3n) is 7.93. The quantitative estimate of drug-likeness (QED) is 0.271. The van der Waals surface area contributed by atoms with Gasteiger partial charge in [-0.05, 0) is 77.2 Å². The van der Waals surface area contributed by atoms with Gasteiger partial charge in [-0.25, -0.2) is 0 Å². The van der Waals surface area contributed by atoms with Crippen molar-refractivity contribution >= 4 is 46.2 Å². The number of nitrogens with zero attached hydrogens (tertiary/aromatic N) is 1. The van der Waals surface area contributed by atoms with Crippen LogP contribution < -0.4 is 5.32 Å². The number of carbonyl (C=O) groups excluding carboxylic acids is 2. The lowest BCUT2D eigenvalue weighted by Crippen LogP contribution is -2.50. The highest BCUT2D eigenvalue weighted by Crippen LogP contribution is 2.55. The Balaban J connectivity index is 1.62. The number of rotatable bonds is 8. The second kappa shape index (κ2) is 12.4. The Kier molecular flexibility index (Phi) is 8.99. The molecule has 0 spiro atoms. The van der Waals surface area contributed by atoms with Gasteiger partial charge in [0.2, 0.25) is 11.8 Å². The molecule has 1 heterocycles. The summed E-state index contributed by atoms with van der Waals surface area (Å²) in [5, 5.41) is 13.0. The van der Waals surface area contributed by atoms with Crippen molar-refractivity contribution in [2.75, 3.05) is 0 Å². The van der Waals surface area contributed by atoms with Gasteiger partial charge in [0, 0.05) is 21.1 Å². The molecule has 0 aromatic heterocycles. The molecule has 0 unspecified atom stereocenters. The van der Waals surface area contributed by atoms with Crippen molar-refractivity contribution in [1.82, 2.24) is 10.2 Å². The zero-order chi connectivity index (χ0) is 27.4. The molecule has 2 fully saturated rings. The van der Waals surface area contributed by atoms with Crippen molar-refractivity contribution in [3.05, 3.63) is 98.6 Å². The van der Waals surface area contributed by atoms with Crippen molar-refractivity contribution in [2.45, 2.75) is 80.3 Å². The average Bonchev–Trinajstić information content (AvgIpc) is 3.26. The van der Waals surface area contributed by atoms with E-state index in [0.717, 1.165) is 56.4 Å². The van der Waals surface area contributed by atoms with Crippen LogP contribution in [0.1, 0.15) is 66.8 Å². The number of hydrogen-bond acceptors (Lipinski definition) is 4. The summed E-state index contributed by atoms with van der Waals surface area (Å²) in [5.41, 5.74) is 3.97. The Morgan fingerprint density at radius 3 is 2.41 bits per heavy atom. The van der Waals surface area contributed by atoms with E-state index < -0.39 is 10.8 Å². The Hall–Kier alpha value is -2.36. The molecule has 5 rings (SSSR count). The van der Waals surface area contributed by atoms with Crippen LogP contribution in [0.15, 0.2) is 77.7 Å². The highest BCUT2D eigenvalue weighted by Gasteiger charge is 2.59. The van der Waals surface area contributed by atoms with E-state index in [1.165, 1.54) is 18.2 Å². The van der Waals surface area contributed by atoms with Crippen molar-refractivity contribution in [2.24, 2.45) is 0 Å². The number of likely N-dealkylation sites (tertiary alicyclic amines) is 1. The number of carbonyl (C=O) groups is 2. The van der Waals surface area contributed by atoms with E-state index in [-0.39, 0.29) is 30.9 Å². The van der Waals surface area contributed by atoms with Gasteiger partial charge in [-0.2, -0.15) is 0 Å². The lowest BCUT2D eigenvalue weighted by molar-refractivity contribution is -0.132. The van der Waals surface area contributed by atoms with Gasteiger partial charge in [-0.1, -0.05) is 79.4 Å². The zero-order valence-electron chi connectivity index (χ0n) is 22.2. The minimum Gasteiger partial charge on any atom is -0.392 e. The molecule has 1 aliphatic heterocycles. The summed E-state index contributed by atoms with van der Waals surface area (Å²) in [6.07, 6.45) is 5.45. The lowest BCUT2D eigenvalue weighted by atomic mass is 9.88. The number of halogens is 1. The highest BCUT2D eigenvalue weighted by molar-refractivity contribution is 14.1. The molecule has 2 aliphatic rings. The molecule has 204 valence electrons. The van der Waals surface area contributed by atoms with Gasteiger partial charge in [-0.3, -0.25) is 9.59 Å². The molecular weight excluding hydrogens is 619 g/mol. The molecule has 2 amide bonds. The minimum absolute atomic E-state index is 0.0448. The summed E-state index contributed by atoms with van der Waals surface area (Å²) >= 11 is 3.82. The summed E-state index contributed by atoms with van der Waals surface area (Å²) in [6.45, 7) is 2.41. The fourth-order valence-corrected chi connectivity index (χ4v) is 8.21. The Morgan fingerprint density at radius 2 is 1.74 bits per heavy atom. The maximum Gasteiger partial charge on any atom is 0.239 e. The van der Waals surface area contributed by atoms with Crippen LogP contribution in [-0.4, -0.2) is 32.6 Å². The van der Waals surface area contributed by atoms with Gasteiger partial charge in [0.15, 0.2) is 0 Å². The van der Waals surface area contributed by atoms with Gasteiger partial charge in [-0.15, -0.1) is 11.8 Å². The number of aryl methyl sites for hydroxylation is 1. The van der Waals surface area contributed by atoms with E-state index in [9.17, 15) is 14.7 Å². The van der Waals surface area contributed by atoms with Crippen molar-refractivity contribution in [3.63, 3.8) is 0 Å². The van der Waals surface area contributed by atoms with Crippen molar-refractivity contribution in [1.29, 1.82) is 0 Å². The molecule has 1 aliphatic carbocycles. The molecule has 1 saturated carbocycles. The van der Waals surface area contributed by atoms with Crippen LogP contribution >= 0.6 is 34.4 Å². The molecule has 2 atom stereocenters. The zero-order valence-corrected chi connectivity index (χ0v) is 25.2. The van der Waals surface area contributed by atoms with E-state index in [2.05, 4.69) is 64.0 Å². The first-order valence-corrected chi connectivity index (χ1v) is 15.6. The summed E-state index contributed by atoms with van der Waals surface area (Å²) in [6, 6.07) is 23.7. The van der Waals surface area contributed by atoms with Gasteiger partial charge in [0.1, 0.15) is 4.75 Å². The van der Waals surface area contributed by atoms with Crippen LogP contribution in [0.2, 0.25) is 0 Å². The van der Waals surface area contributed by atoms with Crippen LogP contribution in [0, 0.1) is 10.5 Å². The third kappa shape index (κ3) is 6.05. The second-order valence-corrected chi connectivity index (χ2v) is 13.2. The summed E-state index contributed by atoms with van der Waals surface area (Å²) in [7, 11) is 0. The minimum atomic E-state index is -1.04. The number of aliphatic hydroxyl groups excluding tert-OH is 1. The number of thioether (sulfide) groups is 1.